The number of carbonyl (C=O) groups is 3. The van der Waals surface area contributed by atoms with Gasteiger partial charge in [-0.3, -0.25) is 29.3 Å². The van der Waals surface area contributed by atoms with Crippen LogP contribution in [0.3, 0.4) is 0 Å². The van der Waals surface area contributed by atoms with Crippen LogP contribution in [0, 0.1) is 0 Å². The van der Waals surface area contributed by atoms with Crippen molar-refractivity contribution in [3.63, 3.8) is 0 Å². The molecule has 0 fully saturated rings. The second-order valence-corrected chi connectivity index (χ2v) is 22.2. The second kappa shape index (κ2) is 32.6. The summed E-state index contributed by atoms with van der Waals surface area (Å²) in [5.74, 6) is 7.98. The summed E-state index contributed by atoms with van der Waals surface area (Å²) in [7, 11) is 14.5. The van der Waals surface area contributed by atoms with Gasteiger partial charge in [-0.25, -0.2) is 0 Å². The Morgan fingerprint density at radius 1 is 0.354 bits per heavy atom. The summed E-state index contributed by atoms with van der Waals surface area (Å²) in [6, 6.07) is 45.4. The van der Waals surface area contributed by atoms with Gasteiger partial charge in [0.1, 0.15) is 60.0 Å². The van der Waals surface area contributed by atoms with Gasteiger partial charge < -0.3 is 71.5 Å². The van der Waals surface area contributed by atoms with E-state index in [1.807, 2.05) is 130 Å². The lowest BCUT2D eigenvalue weighted by Crippen LogP contribution is -2.42. The van der Waals surface area contributed by atoms with E-state index in [0.29, 0.717) is 121 Å². The maximum Gasteiger partial charge on any atom is 0.273 e. The molecule has 3 aliphatic heterocycles. The lowest BCUT2D eigenvalue weighted by molar-refractivity contribution is 0.0579. The van der Waals surface area contributed by atoms with Gasteiger partial charge in [-0.15, -0.1) is 0 Å². The Hall–Kier alpha value is -11.2. The van der Waals surface area contributed by atoms with Gasteiger partial charge in [-0.1, -0.05) is 6.07 Å². The van der Waals surface area contributed by atoms with E-state index in [-0.39, 0.29) is 42.5 Å². The van der Waals surface area contributed by atoms with E-state index in [0.717, 1.165) is 50.6 Å². The average molecular weight is 1300 g/mol. The van der Waals surface area contributed by atoms with E-state index < -0.39 is 0 Å². The summed E-state index contributed by atoms with van der Waals surface area (Å²) >= 11 is 0. The maximum atomic E-state index is 13.4. The Morgan fingerprint density at radius 3 is 1.04 bits per heavy atom. The Kier molecular flexibility index (Phi) is 23.0. The Bertz CT molecular complexity index is 3620. The number of rotatable bonds is 21. The first-order valence-corrected chi connectivity index (χ1v) is 31.1. The molecule has 6 heterocycles. The van der Waals surface area contributed by atoms with Gasteiger partial charge in [0.15, 0.2) is 34.5 Å². The summed E-state index contributed by atoms with van der Waals surface area (Å²) in [5, 5.41) is 0. The SMILES string of the molecule is COc1ccc(OCC2c3cc(OC)c(OC)cc3CCN2C(=O)c2ccccn2)cc1.COc1ccc(OCC2c3cc(OC)c(OC)cc3CCN2C(=O)c2cccnc2)cc1.COc1ccc(OCC2c3cc(OC)c(OC)cc3CCN2C(=O)c2ccncc2)cc1. The van der Waals surface area contributed by atoms with E-state index in [2.05, 4.69) is 15.0 Å². The van der Waals surface area contributed by atoms with Crippen LogP contribution in [0.5, 0.6) is 69.0 Å². The molecule has 3 aliphatic rings. The van der Waals surface area contributed by atoms with Crippen LogP contribution in [0.25, 0.3) is 0 Å². The lowest BCUT2D eigenvalue weighted by atomic mass is 9.91. The van der Waals surface area contributed by atoms with Gasteiger partial charge in [0, 0.05) is 56.2 Å². The summed E-state index contributed by atoms with van der Waals surface area (Å²) < 4.78 is 67.0. The maximum absolute atomic E-state index is 13.4. The van der Waals surface area contributed by atoms with Crippen LogP contribution in [0.15, 0.2) is 183 Å². The molecule has 3 amide bonds. The molecule has 9 aromatic rings. The van der Waals surface area contributed by atoms with Crippen LogP contribution in [-0.4, -0.2) is 151 Å². The first kappa shape index (κ1) is 67.7. The number of amides is 3. The fourth-order valence-electron chi connectivity index (χ4n) is 11.8. The molecular weight excluding hydrogens is 1220 g/mol. The van der Waals surface area contributed by atoms with Crippen molar-refractivity contribution in [1.29, 1.82) is 0 Å². The zero-order valence-corrected chi connectivity index (χ0v) is 55.2. The van der Waals surface area contributed by atoms with Gasteiger partial charge in [-0.05, 0) is 198 Å². The van der Waals surface area contributed by atoms with E-state index >= 15 is 0 Å². The molecule has 0 saturated carbocycles. The summed E-state index contributed by atoms with van der Waals surface area (Å²) in [6.45, 7) is 2.56. The van der Waals surface area contributed by atoms with Gasteiger partial charge in [0.2, 0.25) is 0 Å². The summed E-state index contributed by atoms with van der Waals surface area (Å²) in [5.41, 5.74) is 7.84. The largest absolute Gasteiger partial charge is 0.497 e. The molecule has 0 aliphatic carbocycles. The molecule has 0 N–H and O–H groups in total. The van der Waals surface area contributed by atoms with Gasteiger partial charge in [0.25, 0.3) is 17.7 Å². The highest BCUT2D eigenvalue weighted by Crippen LogP contribution is 2.43. The second-order valence-electron chi connectivity index (χ2n) is 22.2. The predicted octanol–water partition coefficient (Wildman–Crippen LogP) is 11.8. The Labute approximate surface area is 558 Å². The number of pyridine rings is 3. The van der Waals surface area contributed by atoms with Crippen molar-refractivity contribution < 1.29 is 71.2 Å². The highest BCUT2D eigenvalue weighted by atomic mass is 16.5. The molecule has 0 saturated heterocycles. The summed E-state index contributed by atoms with van der Waals surface area (Å²) in [6.07, 6.45) is 10.3. The number of benzene rings is 6. The number of ether oxygens (including phenoxy) is 12. The van der Waals surface area contributed by atoms with E-state index in [9.17, 15) is 14.4 Å². The minimum absolute atomic E-state index is 0.0591. The molecule has 96 heavy (non-hydrogen) atoms. The zero-order valence-electron chi connectivity index (χ0n) is 55.2. The van der Waals surface area contributed by atoms with Crippen molar-refractivity contribution in [1.82, 2.24) is 29.7 Å². The van der Waals surface area contributed by atoms with Crippen molar-refractivity contribution in [3.8, 4) is 69.0 Å². The van der Waals surface area contributed by atoms with Crippen LogP contribution in [0.2, 0.25) is 0 Å². The number of fused-ring (bicyclic) bond motifs is 3. The lowest BCUT2D eigenvalue weighted by Gasteiger charge is -2.37. The predicted molar refractivity (Wildman–Crippen MR) is 359 cm³/mol. The molecular formula is C75H78N6O15. The molecule has 21 nitrogen and oxygen atoms in total. The molecule has 498 valence electrons. The molecule has 3 aromatic heterocycles. The third-order valence-electron chi connectivity index (χ3n) is 16.9. The topological polar surface area (TPSA) is 210 Å². The average Bonchev–Trinajstić information content (AvgIpc) is 0.793. The van der Waals surface area contributed by atoms with E-state index in [1.165, 1.54) is 0 Å². The van der Waals surface area contributed by atoms with Crippen LogP contribution >= 0.6 is 0 Å². The Morgan fingerprint density at radius 2 is 0.708 bits per heavy atom. The molecule has 0 bridgehead atoms. The number of methoxy groups -OCH3 is 9. The van der Waals surface area contributed by atoms with Gasteiger partial charge >= 0.3 is 0 Å². The minimum atomic E-state index is -0.310. The zero-order chi connectivity index (χ0) is 67.5. The quantitative estimate of drug-likeness (QED) is 0.0654. The van der Waals surface area contributed by atoms with Crippen LogP contribution in [0.4, 0.5) is 0 Å². The number of nitrogens with zero attached hydrogens (tertiary/aromatic N) is 6. The first-order chi connectivity index (χ1) is 46.9. The van der Waals surface area contributed by atoms with Crippen LogP contribution in [-0.2, 0) is 19.3 Å². The molecule has 0 radical (unpaired) electrons. The summed E-state index contributed by atoms with van der Waals surface area (Å²) in [4.78, 5) is 57.9. The van der Waals surface area contributed by atoms with Crippen LogP contribution in [0.1, 0.15) is 82.7 Å². The Balaban J connectivity index is 0.000000157. The number of hydrogen-bond acceptors (Lipinski definition) is 18. The van der Waals surface area contributed by atoms with Crippen LogP contribution < -0.4 is 56.8 Å². The molecule has 12 rings (SSSR count). The van der Waals surface area contributed by atoms with Crippen molar-refractivity contribution in [2.24, 2.45) is 0 Å². The highest BCUT2D eigenvalue weighted by Gasteiger charge is 2.37. The molecule has 0 spiro atoms. The smallest absolute Gasteiger partial charge is 0.273 e. The van der Waals surface area contributed by atoms with Crippen molar-refractivity contribution in [3.05, 3.63) is 233 Å². The normalized spacial score (nSPS) is 15.0. The fraction of sp³-hybridized carbons (Fsp3) is 0.280. The number of hydrogen-bond donors (Lipinski definition) is 0. The fourth-order valence-corrected chi connectivity index (χ4v) is 11.8. The third kappa shape index (κ3) is 15.9. The van der Waals surface area contributed by atoms with Gasteiger partial charge in [-0.2, -0.15) is 0 Å². The molecule has 21 heteroatoms. The number of aromatic nitrogens is 3. The molecule has 3 unspecified atom stereocenters. The standard InChI is InChI=1S/3C25H26N2O5/c1-29-19-4-6-20(7-5-19)32-16-22-21-15-24(31-3)23(30-2)14-18(21)10-13-27(22)25(28)17-8-11-26-12-9-17;1-29-19-6-8-20(9-7-19)32-16-22-21-14-24(31-3)23(30-2)13-17(21)10-12-27(22)25(28)18-5-4-11-26-15-18;1-29-18-7-9-19(10-8-18)32-16-22-20-15-24(31-3)23(30-2)14-17(20)11-13-27(22)25(28)21-6-4-5-12-26-21/h4-9,11-12,14-15,22H,10,13,16H2,1-3H3;4-9,11,13-15,22H,10,12,16H2,1-3H3;4-10,12,14-15,22H,11,13,16H2,1-3H3. The van der Waals surface area contributed by atoms with E-state index in [4.69, 9.17) is 56.8 Å². The monoisotopic (exact) mass is 1300 g/mol. The molecule has 3 atom stereocenters. The third-order valence-corrected chi connectivity index (χ3v) is 16.9. The van der Waals surface area contributed by atoms with Crippen molar-refractivity contribution >= 4 is 17.7 Å². The number of carbonyl (C=O) groups excluding carboxylic acids is 3. The van der Waals surface area contributed by atoms with Crippen molar-refractivity contribution in [2.75, 3.05) is 103 Å². The van der Waals surface area contributed by atoms with Crippen molar-refractivity contribution in [2.45, 2.75) is 37.4 Å². The minimum Gasteiger partial charge on any atom is -0.497 e. The highest BCUT2D eigenvalue weighted by molar-refractivity contribution is 5.95. The van der Waals surface area contributed by atoms with E-state index in [1.54, 1.807) is 131 Å². The molecule has 6 aromatic carbocycles. The first-order valence-electron chi connectivity index (χ1n) is 31.1. The van der Waals surface area contributed by atoms with Gasteiger partial charge in [0.05, 0.1) is 87.7 Å².